The van der Waals surface area contributed by atoms with Crippen LogP contribution in [0.4, 0.5) is 0 Å². The molecule has 0 saturated heterocycles. The Balaban J connectivity index is 1.98. The summed E-state index contributed by atoms with van der Waals surface area (Å²) >= 11 is 7.49. The Bertz CT molecular complexity index is 805. The number of benzene rings is 2. The van der Waals surface area contributed by atoms with E-state index in [1.54, 1.807) is 42.2 Å². The van der Waals surface area contributed by atoms with E-state index >= 15 is 0 Å². The zero-order valence-corrected chi connectivity index (χ0v) is 17.0. The number of amides is 2. The molecule has 7 heteroatoms. The predicted octanol–water partition coefficient (Wildman–Crippen LogP) is 3.97. The first-order chi connectivity index (χ1) is 12.9. The lowest BCUT2D eigenvalue weighted by atomic mass is 10.0. The van der Waals surface area contributed by atoms with Crippen molar-refractivity contribution in [3.63, 3.8) is 0 Å². The Morgan fingerprint density at radius 3 is 2.26 bits per heavy atom. The summed E-state index contributed by atoms with van der Waals surface area (Å²) in [6, 6.07) is 13.6. The molecule has 0 aliphatic carbocycles. The van der Waals surface area contributed by atoms with Crippen molar-refractivity contribution in [1.82, 2.24) is 10.7 Å². The number of hydrazone groups is 1. The van der Waals surface area contributed by atoms with Gasteiger partial charge in [0, 0.05) is 15.5 Å². The van der Waals surface area contributed by atoms with Gasteiger partial charge < -0.3 is 5.32 Å². The lowest BCUT2D eigenvalue weighted by Gasteiger charge is -2.20. The summed E-state index contributed by atoms with van der Waals surface area (Å²) in [6.45, 7) is 3.72. The fourth-order valence-corrected chi connectivity index (χ4v) is 2.82. The van der Waals surface area contributed by atoms with Crippen molar-refractivity contribution in [2.75, 3.05) is 6.26 Å². The van der Waals surface area contributed by atoms with Crippen molar-refractivity contribution in [3.05, 3.63) is 64.7 Å². The van der Waals surface area contributed by atoms with Crippen LogP contribution in [0, 0.1) is 5.92 Å². The molecule has 2 amide bonds. The van der Waals surface area contributed by atoms with Crippen LogP contribution in [0.5, 0.6) is 0 Å². The van der Waals surface area contributed by atoms with Gasteiger partial charge in [0.15, 0.2) is 0 Å². The van der Waals surface area contributed by atoms with Gasteiger partial charge in [0.25, 0.3) is 11.8 Å². The highest BCUT2D eigenvalue weighted by atomic mass is 35.5. The summed E-state index contributed by atoms with van der Waals surface area (Å²) < 4.78 is 0. The molecule has 5 nitrogen and oxygen atoms in total. The van der Waals surface area contributed by atoms with Gasteiger partial charge in [0.2, 0.25) is 0 Å². The zero-order valence-electron chi connectivity index (χ0n) is 15.4. The smallest absolute Gasteiger partial charge is 0.262 e. The minimum absolute atomic E-state index is 0.0997. The molecule has 0 bridgehead atoms. The third-order valence-electron chi connectivity index (χ3n) is 3.85. The van der Waals surface area contributed by atoms with Crippen LogP contribution in [0.3, 0.4) is 0 Å². The SMILES string of the molecule is CSc1ccc(/C=N\NC(=O)C(NC(=O)c2ccc(Cl)cc2)C(C)C)cc1. The van der Waals surface area contributed by atoms with E-state index in [9.17, 15) is 9.59 Å². The summed E-state index contributed by atoms with van der Waals surface area (Å²) in [5.41, 5.74) is 3.81. The molecular formula is C20H22ClN3O2S. The van der Waals surface area contributed by atoms with Crippen molar-refractivity contribution in [1.29, 1.82) is 0 Å². The maximum atomic E-state index is 12.4. The third-order valence-corrected chi connectivity index (χ3v) is 4.84. The summed E-state index contributed by atoms with van der Waals surface area (Å²) in [4.78, 5) is 25.9. The number of carbonyl (C=O) groups excluding carboxylic acids is 2. The van der Waals surface area contributed by atoms with E-state index in [2.05, 4.69) is 15.8 Å². The first-order valence-corrected chi connectivity index (χ1v) is 10.0. The number of carbonyl (C=O) groups is 2. The lowest BCUT2D eigenvalue weighted by molar-refractivity contribution is -0.123. The van der Waals surface area contributed by atoms with Crippen LogP contribution in [0.1, 0.15) is 29.8 Å². The molecule has 2 N–H and O–H groups in total. The molecule has 0 fully saturated rings. The molecular weight excluding hydrogens is 382 g/mol. The van der Waals surface area contributed by atoms with Crippen LogP contribution in [-0.2, 0) is 4.79 Å². The number of nitrogens with zero attached hydrogens (tertiary/aromatic N) is 1. The number of halogens is 1. The molecule has 1 atom stereocenters. The van der Waals surface area contributed by atoms with E-state index in [0.717, 1.165) is 10.5 Å². The van der Waals surface area contributed by atoms with Crippen molar-refractivity contribution in [2.24, 2.45) is 11.0 Å². The van der Waals surface area contributed by atoms with Gasteiger partial charge in [-0.1, -0.05) is 37.6 Å². The van der Waals surface area contributed by atoms with Gasteiger partial charge in [-0.2, -0.15) is 5.10 Å². The van der Waals surface area contributed by atoms with Crippen LogP contribution in [-0.4, -0.2) is 30.3 Å². The molecule has 0 aliphatic rings. The molecule has 27 heavy (non-hydrogen) atoms. The average Bonchev–Trinajstić information content (AvgIpc) is 2.66. The quantitative estimate of drug-likeness (QED) is 0.417. The Morgan fingerprint density at radius 1 is 1.07 bits per heavy atom. The van der Waals surface area contributed by atoms with Gasteiger partial charge in [0.1, 0.15) is 6.04 Å². The summed E-state index contributed by atoms with van der Waals surface area (Å²) in [5, 5.41) is 7.28. The molecule has 2 aromatic carbocycles. The minimum Gasteiger partial charge on any atom is -0.340 e. The molecule has 2 rings (SSSR count). The van der Waals surface area contributed by atoms with Crippen molar-refractivity contribution < 1.29 is 9.59 Å². The van der Waals surface area contributed by atoms with Gasteiger partial charge in [-0.3, -0.25) is 9.59 Å². The van der Waals surface area contributed by atoms with E-state index in [4.69, 9.17) is 11.6 Å². The average molecular weight is 404 g/mol. The molecule has 0 aliphatic heterocycles. The Hall–Kier alpha value is -2.31. The summed E-state index contributed by atoms with van der Waals surface area (Å²) in [6.07, 6.45) is 3.58. The second kappa shape index (κ2) is 10.1. The molecule has 0 radical (unpaired) electrons. The van der Waals surface area contributed by atoms with E-state index in [-0.39, 0.29) is 17.7 Å². The molecule has 1 unspecified atom stereocenters. The van der Waals surface area contributed by atoms with E-state index in [0.29, 0.717) is 10.6 Å². The fraction of sp³-hybridized carbons (Fsp3) is 0.250. The molecule has 142 valence electrons. The Labute approximate surface area is 168 Å². The van der Waals surface area contributed by atoms with E-state index in [1.807, 2.05) is 44.4 Å². The fourth-order valence-electron chi connectivity index (χ4n) is 2.29. The van der Waals surface area contributed by atoms with Crippen molar-refractivity contribution >= 4 is 41.4 Å². The maximum absolute atomic E-state index is 12.4. The molecule has 2 aromatic rings. The number of hydrogen-bond acceptors (Lipinski definition) is 4. The normalized spacial score (nSPS) is 12.2. The molecule has 0 spiro atoms. The van der Waals surface area contributed by atoms with Gasteiger partial charge in [-0.15, -0.1) is 11.8 Å². The van der Waals surface area contributed by atoms with Crippen molar-refractivity contribution in [3.8, 4) is 0 Å². The van der Waals surface area contributed by atoms with E-state index in [1.165, 1.54) is 0 Å². The molecule has 0 aromatic heterocycles. The van der Waals surface area contributed by atoms with Crippen LogP contribution < -0.4 is 10.7 Å². The van der Waals surface area contributed by atoms with Crippen LogP contribution in [0.2, 0.25) is 5.02 Å². The number of thioether (sulfide) groups is 1. The second-order valence-electron chi connectivity index (χ2n) is 6.21. The highest BCUT2D eigenvalue weighted by molar-refractivity contribution is 7.98. The number of nitrogens with one attached hydrogen (secondary N) is 2. The third kappa shape index (κ3) is 6.41. The van der Waals surface area contributed by atoms with Gasteiger partial charge in [0.05, 0.1) is 6.21 Å². The van der Waals surface area contributed by atoms with Gasteiger partial charge >= 0.3 is 0 Å². The Kier molecular flexibility index (Phi) is 7.88. The summed E-state index contributed by atoms with van der Waals surface area (Å²) in [7, 11) is 0. The monoisotopic (exact) mass is 403 g/mol. The van der Waals surface area contributed by atoms with E-state index < -0.39 is 6.04 Å². The van der Waals surface area contributed by atoms with Crippen molar-refractivity contribution in [2.45, 2.75) is 24.8 Å². The van der Waals surface area contributed by atoms with Gasteiger partial charge in [-0.05, 0) is 54.1 Å². The first-order valence-electron chi connectivity index (χ1n) is 8.44. The van der Waals surface area contributed by atoms with Crippen LogP contribution in [0.25, 0.3) is 0 Å². The Morgan fingerprint density at radius 2 is 1.70 bits per heavy atom. The second-order valence-corrected chi connectivity index (χ2v) is 7.53. The largest absolute Gasteiger partial charge is 0.340 e. The zero-order chi connectivity index (χ0) is 19.8. The lowest BCUT2D eigenvalue weighted by Crippen LogP contribution is -2.48. The number of rotatable bonds is 7. The van der Waals surface area contributed by atoms with Crippen LogP contribution >= 0.6 is 23.4 Å². The predicted molar refractivity (Wildman–Crippen MR) is 112 cm³/mol. The van der Waals surface area contributed by atoms with Crippen LogP contribution in [0.15, 0.2) is 58.5 Å². The minimum atomic E-state index is -0.704. The summed E-state index contributed by atoms with van der Waals surface area (Å²) in [5.74, 6) is -0.807. The topological polar surface area (TPSA) is 70.6 Å². The molecule has 0 heterocycles. The highest BCUT2D eigenvalue weighted by Gasteiger charge is 2.24. The first kappa shape index (κ1) is 21.0. The number of hydrogen-bond donors (Lipinski definition) is 2. The highest BCUT2D eigenvalue weighted by Crippen LogP contribution is 2.14. The standard InChI is InChI=1S/C20H22ClN3O2S/c1-13(2)18(23-19(25)15-6-8-16(21)9-7-15)20(26)24-22-12-14-4-10-17(27-3)11-5-14/h4-13,18H,1-3H3,(H,23,25)(H,24,26)/b22-12-. The van der Waals surface area contributed by atoms with Gasteiger partial charge in [-0.25, -0.2) is 5.43 Å². The maximum Gasteiger partial charge on any atom is 0.262 e. The molecule has 0 saturated carbocycles.